The first-order valence-corrected chi connectivity index (χ1v) is 18.9. The van der Waals surface area contributed by atoms with Crippen LogP contribution in [0.5, 0.6) is 0 Å². The van der Waals surface area contributed by atoms with Crippen LogP contribution in [0, 0.1) is 17.3 Å². The Kier molecular flexibility index (Phi) is 12.5. The second kappa shape index (κ2) is 16.9. The molecule has 7 atom stereocenters. The first-order valence-electron chi connectivity index (χ1n) is 18.9. The van der Waals surface area contributed by atoms with Crippen LogP contribution in [0.25, 0.3) is 0 Å². The highest BCUT2D eigenvalue weighted by atomic mass is 16.2. The zero-order valence-corrected chi connectivity index (χ0v) is 31.1. The molecular weight excluding hydrogens is 662 g/mol. The number of Topliss-reactive ketones (excluding diaryl/α,β-unsaturated/α-hetero) is 1. The standard InChI is InChI=1S/C39H55N7O6/c1-6-13-28(31(47)36(50)42-23(2)24-14-9-7-10-15-24)43-35(49)30-26-18-19-27(22-26)46(30)38(52)32(39(3,4)5)45-34(48)29(25-16-11-8-12-17-25)44-37(51)33-40-20-21-41-33/h7,9-10,14-15,20-21,23,25-30,32H,6,8,11-13,16-19,22H2,1-5H3,(H,40,41)(H,42,50)(H,43,49)(H,44,51)(H,45,48)/t23-,26-,27+,28-,29-,30-,32+/m0/s1. The lowest BCUT2D eigenvalue weighted by Crippen LogP contribution is -2.64. The number of H-pyrrole nitrogens is 1. The topological polar surface area (TPSA) is 182 Å². The van der Waals surface area contributed by atoms with Crippen LogP contribution < -0.4 is 21.3 Å². The molecule has 3 fully saturated rings. The number of aromatic amines is 1. The molecule has 2 saturated carbocycles. The normalized spacial score (nSPS) is 22.5. The van der Waals surface area contributed by atoms with Gasteiger partial charge < -0.3 is 31.2 Å². The number of nitrogens with one attached hydrogen (secondary N) is 5. The highest BCUT2D eigenvalue weighted by molar-refractivity contribution is 6.38. The fraction of sp³-hybridized carbons (Fsp3) is 0.615. The minimum Gasteiger partial charge on any atom is -0.344 e. The molecule has 2 heterocycles. The van der Waals surface area contributed by atoms with Gasteiger partial charge in [0, 0.05) is 18.4 Å². The van der Waals surface area contributed by atoms with Crippen molar-refractivity contribution < 1.29 is 28.8 Å². The molecule has 5 N–H and O–H groups in total. The van der Waals surface area contributed by atoms with E-state index >= 15 is 0 Å². The van der Waals surface area contributed by atoms with Crippen molar-refractivity contribution in [3.63, 3.8) is 0 Å². The number of aromatic nitrogens is 2. The van der Waals surface area contributed by atoms with E-state index in [0.29, 0.717) is 12.8 Å². The Morgan fingerprint density at radius 3 is 2.27 bits per heavy atom. The van der Waals surface area contributed by atoms with Crippen LogP contribution in [0.3, 0.4) is 0 Å². The Labute approximate surface area is 306 Å². The van der Waals surface area contributed by atoms with Gasteiger partial charge in [-0.2, -0.15) is 0 Å². The second-order valence-corrected chi connectivity index (χ2v) is 15.8. The summed E-state index contributed by atoms with van der Waals surface area (Å²) >= 11 is 0. The Bertz CT molecular complexity index is 1580. The lowest BCUT2D eigenvalue weighted by Gasteiger charge is -2.41. The Balaban J connectivity index is 1.32. The summed E-state index contributed by atoms with van der Waals surface area (Å²) in [6.45, 7) is 9.25. The van der Waals surface area contributed by atoms with Gasteiger partial charge in [0.05, 0.1) is 12.1 Å². The molecule has 2 bridgehead atoms. The number of hydrogen-bond acceptors (Lipinski definition) is 7. The van der Waals surface area contributed by atoms with E-state index in [1.54, 1.807) is 11.8 Å². The lowest BCUT2D eigenvalue weighted by atomic mass is 9.81. The van der Waals surface area contributed by atoms with Gasteiger partial charge in [-0.05, 0) is 68.3 Å². The van der Waals surface area contributed by atoms with Crippen LogP contribution in [0.15, 0.2) is 42.7 Å². The number of hydrogen-bond donors (Lipinski definition) is 5. The summed E-state index contributed by atoms with van der Waals surface area (Å²) in [5.74, 6) is -3.42. The van der Waals surface area contributed by atoms with Gasteiger partial charge in [-0.25, -0.2) is 4.98 Å². The number of imidazole rings is 1. The molecule has 0 spiro atoms. The number of ketones is 1. The zero-order chi connectivity index (χ0) is 37.6. The third-order valence-corrected chi connectivity index (χ3v) is 11.0. The predicted molar refractivity (Wildman–Crippen MR) is 194 cm³/mol. The molecule has 2 aromatic rings. The SMILES string of the molecule is CCC[C@H](NC(=O)[C@@H]1[C@H]2CC[C@H](C2)N1C(=O)[C@@H](NC(=O)[C@@H](NC(=O)c1ncc[nH]1)C1CCCCC1)C(C)(C)C)C(=O)C(=O)N[C@@H](C)c1ccccc1. The molecule has 2 aliphatic carbocycles. The molecule has 282 valence electrons. The molecule has 52 heavy (non-hydrogen) atoms. The van der Waals surface area contributed by atoms with Gasteiger partial charge in [0.1, 0.15) is 18.1 Å². The third-order valence-electron chi connectivity index (χ3n) is 11.0. The summed E-state index contributed by atoms with van der Waals surface area (Å²) in [7, 11) is 0. The number of carbonyl (C=O) groups is 6. The summed E-state index contributed by atoms with van der Waals surface area (Å²) in [5, 5.41) is 11.5. The van der Waals surface area contributed by atoms with Gasteiger partial charge in [0.15, 0.2) is 5.82 Å². The van der Waals surface area contributed by atoms with E-state index < -0.39 is 65.0 Å². The van der Waals surface area contributed by atoms with Crippen molar-refractivity contribution in [3.8, 4) is 0 Å². The highest BCUT2D eigenvalue weighted by Crippen LogP contribution is 2.44. The molecule has 0 unspecified atom stereocenters. The molecule has 5 rings (SSSR count). The van der Waals surface area contributed by atoms with E-state index in [4.69, 9.17) is 0 Å². The Hall–Kier alpha value is -4.55. The molecule has 1 aromatic carbocycles. The van der Waals surface area contributed by atoms with Gasteiger partial charge in [0.2, 0.25) is 23.5 Å². The predicted octanol–water partition coefficient (Wildman–Crippen LogP) is 3.73. The van der Waals surface area contributed by atoms with Crippen LogP contribution >= 0.6 is 0 Å². The first-order chi connectivity index (χ1) is 24.8. The molecule has 13 heteroatoms. The van der Waals surface area contributed by atoms with Gasteiger partial charge in [-0.3, -0.25) is 28.8 Å². The minimum atomic E-state index is -1.05. The quantitative estimate of drug-likeness (QED) is 0.185. The molecule has 13 nitrogen and oxygen atoms in total. The van der Waals surface area contributed by atoms with Crippen LogP contribution in [-0.4, -0.2) is 80.4 Å². The van der Waals surface area contributed by atoms with Crippen molar-refractivity contribution in [2.75, 3.05) is 0 Å². The van der Waals surface area contributed by atoms with E-state index in [9.17, 15) is 28.8 Å². The zero-order valence-electron chi connectivity index (χ0n) is 31.1. The van der Waals surface area contributed by atoms with E-state index in [0.717, 1.165) is 50.5 Å². The van der Waals surface area contributed by atoms with Crippen molar-refractivity contribution in [3.05, 3.63) is 54.1 Å². The molecule has 1 saturated heterocycles. The number of rotatable bonds is 14. The summed E-state index contributed by atoms with van der Waals surface area (Å²) < 4.78 is 0. The minimum absolute atomic E-state index is 0.0991. The maximum absolute atomic E-state index is 14.6. The van der Waals surface area contributed by atoms with Crippen LogP contribution in [-0.2, 0) is 24.0 Å². The molecule has 3 aliphatic rings. The monoisotopic (exact) mass is 717 g/mol. The number of nitrogens with zero attached hydrogens (tertiary/aromatic N) is 2. The summed E-state index contributed by atoms with van der Waals surface area (Å²) in [4.78, 5) is 91.0. The van der Waals surface area contributed by atoms with Gasteiger partial charge in [0.25, 0.3) is 11.8 Å². The second-order valence-electron chi connectivity index (χ2n) is 15.8. The van der Waals surface area contributed by atoms with Crippen molar-refractivity contribution in [2.24, 2.45) is 17.3 Å². The van der Waals surface area contributed by atoms with E-state index in [-0.39, 0.29) is 36.0 Å². The summed E-state index contributed by atoms with van der Waals surface area (Å²) in [5.41, 5.74) is 0.104. The van der Waals surface area contributed by atoms with E-state index in [1.807, 2.05) is 58.0 Å². The fourth-order valence-electron chi connectivity index (χ4n) is 8.20. The van der Waals surface area contributed by atoms with Crippen molar-refractivity contribution >= 4 is 35.3 Å². The van der Waals surface area contributed by atoms with Gasteiger partial charge in [-0.1, -0.05) is 83.7 Å². The molecule has 5 amide bonds. The smallest absolute Gasteiger partial charge is 0.290 e. The number of amides is 5. The third kappa shape index (κ3) is 8.90. The largest absolute Gasteiger partial charge is 0.344 e. The summed E-state index contributed by atoms with van der Waals surface area (Å²) in [6.07, 6.45) is 10.4. The average molecular weight is 718 g/mol. The van der Waals surface area contributed by atoms with Crippen LogP contribution in [0.2, 0.25) is 0 Å². The molecule has 0 radical (unpaired) electrons. The van der Waals surface area contributed by atoms with Crippen molar-refractivity contribution in [2.45, 2.75) is 135 Å². The maximum Gasteiger partial charge on any atom is 0.290 e. The average Bonchev–Trinajstić information content (AvgIpc) is 3.91. The molecule has 1 aromatic heterocycles. The first kappa shape index (κ1) is 38.7. The van der Waals surface area contributed by atoms with Crippen molar-refractivity contribution in [1.82, 2.24) is 36.1 Å². The Morgan fingerprint density at radius 1 is 0.923 bits per heavy atom. The number of fused-ring (bicyclic) bond motifs is 2. The number of piperidine rings is 1. The Morgan fingerprint density at radius 2 is 1.63 bits per heavy atom. The van der Waals surface area contributed by atoms with Crippen LogP contribution in [0.4, 0.5) is 0 Å². The number of benzene rings is 1. The summed E-state index contributed by atoms with van der Waals surface area (Å²) in [6, 6.07) is 4.93. The van der Waals surface area contributed by atoms with Crippen LogP contribution in [0.1, 0.15) is 121 Å². The fourth-order valence-corrected chi connectivity index (χ4v) is 8.20. The number of carbonyl (C=O) groups excluding carboxylic acids is 6. The maximum atomic E-state index is 14.6. The molecule has 1 aliphatic heterocycles. The lowest BCUT2D eigenvalue weighted by molar-refractivity contribution is -0.149. The molecular formula is C39H55N7O6. The van der Waals surface area contributed by atoms with Crippen molar-refractivity contribution in [1.29, 1.82) is 0 Å². The van der Waals surface area contributed by atoms with Gasteiger partial charge >= 0.3 is 0 Å². The van der Waals surface area contributed by atoms with Gasteiger partial charge in [-0.15, -0.1) is 0 Å². The van der Waals surface area contributed by atoms with E-state index in [2.05, 4.69) is 31.2 Å². The van der Waals surface area contributed by atoms with E-state index in [1.165, 1.54) is 12.4 Å². The number of likely N-dealkylation sites (tertiary alicyclic amines) is 1. The highest BCUT2D eigenvalue weighted by Gasteiger charge is 2.54.